The van der Waals surface area contributed by atoms with Crippen LogP contribution in [0.5, 0.6) is 0 Å². The molecule has 4 aromatic rings. The maximum Gasteiger partial charge on any atom is 0.261 e. The van der Waals surface area contributed by atoms with Crippen LogP contribution in [0.2, 0.25) is 0 Å². The van der Waals surface area contributed by atoms with Crippen LogP contribution in [0.1, 0.15) is 56.8 Å². The summed E-state index contributed by atoms with van der Waals surface area (Å²) in [5.41, 5.74) is 3.18. The summed E-state index contributed by atoms with van der Waals surface area (Å²) in [4.78, 5) is 35.3. The van der Waals surface area contributed by atoms with Gasteiger partial charge in [0, 0.05) is 30.1 Å². The predicted molar refractivity (Wildman–Crippen MR) is 140 cm³/mol. The van der Waals surface area contributed by atoms with Crippen LogP contribution in [0.4, 0.5) is 0 Å². The minimum absolute atomic E-state index is 0.0255. The van der Waals surface area contributed by atoms with Gasteiger partial charge in [0.2, 0.25) is 0 Å². The first kappa shape index (κ1) is 23.2. The molecule has 1 fully saturated rings. The summed E-state index contributed by atoms with van der Waals surface area (Å²) in [7, 11) is 1.62. The molecule has 34 heavy (non-hydrogen) atoms. The maximum absolute atomic E-state index is 12.8. The molecule has 3 heterocycles. The molecule has 176 valence electrons. The summed E-state index contributed by atoms with van der Waals surface area (Å²) in [6, 6.07) is 9.65. The lowest BCUT2D eigenvalue weighted by molar-refractivity contribution is 0.0923. The zero-order chi connectivity index (χ0) is 23.8. The van der Waals surface area contributed by atoms with E-state index in [0.29, 0.717) is 10.4 Å². The van der Waals surface area contributed by atoms with Crippen LogP contribution in [0, 0.1) is 6.92 Å². The number of carbonyl (C=O) groups excluding carboxylic acids is 2. The highest BCUT2D eigenvalue weighted by Gasteiger charge is 2.29. The van der Waals surface area contributed by atoms with E-state index in [1.165, 1.54) is 11.3 Å². The number of nitrogens with zero attached hydrogens (tertiary/aromatic N) is 3. The van der Waals surface area contributed by atoms with Crippen LogP contribution < -0.4 is 10.6 Å². The second kappa shape index (κ2) is 9.59. The monoisotopic (exact) mass is 557 g/mol. The zero-order valence-corrected chi connectivity index (χ0v) is 22.0. The predicted octanol–water partition coefficient (Wildman–Crippen LogP) is 5.57. The van der Waals surface area contributed by atoms with Crippen molar-refractivity contribution in [2.24, 2.45) is 0 Å². The molecule has 7 nitrogen and oxygen atoms in total. The summed E-state index contributed by atoms with van der Waals surface area (Å²) in [5.74, 6) is 0.651. The molecular weight excluding hydrogens is 534 g/mol. The van der Waals surface area contributed by atoms with Crippen molar-refractivity contribution in [1.29, 1.82) is 0 Å². The molecule has 2 N–H and O–H groups in total. The first-order valence-corrected chi connectivity index (χ1v) is 13.6. The van der Waals surface area contributed by atoms with Crippen molar-refractivity contribution in [2.45, 2.75) is 44.7 Å². The van der Waals surface area contributed by atoms with E-state index in [0.717, 1.165) is 57.0 Å². The Bertz CT molecular complexity index is 1370. The third-order valence-electron chi connectivity index (χ3n) is 6.17. The van der Waals surface area contributed by atoms with Gasteiger partial charge in [0.25, 0.3) is 11.8 Å². The SMILES string of the molecule is CNC(=O)c1ccc2c(c1)nc(-c1csc(C)n1)n2C1CCCC(NC(=O)c2ccc(Br)s2)C1. The molecule has 2 unspecified atom stereocenters. The maximum atomic E-state index is 12.8. The number of hydrogen-bond donors (Lipinski definition) is 2. The third kappa shape index (κ3) is 4.54. The molecule has 10 heteroatoms. The lowest BCUT2D eigenvalue weighted by Gasteiger charge is -2.31. The van der Waals surface area contributed by atoms with Crippen molar-refractivity contribution in [2.75, 3.05) is 7.05 Å². The second-order valence-corrected chi connectivity index (χ2v) is 12.0. The number of halogens is 1. The molecule has 2 amide bonds. The molecule has 0 bridgehead atoms. The van der Waals surface area contributed by atoms with Crippen molar-refractivity contribution >= 4 is 61.5 Å². The van der Waals surface area contributed by atoms with E-state index in [1.54, 1.807) is 18.4 Å². The van der Waals surface area contributed by atoms with E-state index in [1.807, 2.05) is 42.6 Å². The summed E-state index contributed by atoms with van der Waals surface area (Å²) >= 11 is 6.47. The van der Waals surface area contributed by atoms with Gasteiger partial charge >= 0.3 is 0 Å². The van der Waals surface area contributed by atoms with E-state index in [-0.39, 0.29) is 23.9 Å². The average Bonchev–Trinajstić information content (AvgIpc) is 3.56. The van der Waals surface area contributed by atoms with E-state index in [4.69, 9.17) is 9.97 Å². The standard InChI is InChI=1S/C24H24BrN5O2S2/c1-13-27-18(12-33-13)22-29-17-10-14(23(31)26-2)6-7-19(17)30(22)16-5-3-4-15(11-16)28-24(32)20-8-9-21(25)34-20/h6-10,12,15-16H,3-5,11H2,1-2H3,(H,26,31)(H,28,32). The quantitative estimate of drug-likeness (QED) is 0.336. The van der Waals surface area contributed by atoms with Crippen molar-refractivity contribution in [3.05, 3.63) is 54.9 Å². The van der Waals surface area contributed by atoms with Gasteiger partial charge in [-0.25, -0.2) is 9.97 Å². The van der Waals surface area contributed by atoms with Crippen LogP contribution in [0.15, 0.2) is 39.5 Å². The molecule has 1 aliphatic rings. The Balaban J connectivity index is 1.49. The fourth-order valence-corrected chi connectivity index (χ4v) is 6.50. The Labute approximate surface area is 213 Å². The second-order valence-electron chi connectivity index (χ2n) is 8.43. The number of rotatable bonds is 5. The number of nitrogens with one attached hydrogen (secondary N) is 2. The normalized spacial score (nSPS) is 18.2. The lowest BCUT2D eigenvalue weighted by atomic mass is 9.90. The highest BCUT2D eigenvalue weighted by atomic mass is 79.9. The molecule has 1 aliphatic carbocycles. The van der Waals surface area contributed by atoms with Gasteiger partial charge in [-0.1, -0.05) is 0 Å². The van der Waals surface area contributed by atoms with Gasteiger partial charge in [-0.15, -0.1) is 22.7 Å². The highest BCUT2D eigenvalue weighted by molar-refractivity contribution is 9.11. The molecule has 1 saturated carbocycles. The van der Waals surface area contributed by atoms with Crippen molar-refractivity contribution in [3.8, 4) is 11.5 Å². The average molecular weight is 559 g/mol. The van der Waals surface area contributed by atoms with Gasteiger partial charge in [0.1, 0.15) is 5.69 Å². The van der Waals surface area contributed by atoms with Gasteiger partial charge in [0.05, 0.1) is 24.7 Å². The molecule has 0 saturated heterocycles. The number of aryl methyl sites for hydroxylation is 1. The molecule has 2 atom stereocenters. The van der Waals surface area contributed by atoms with Gasteiger partial charge < -0.3 is 15.2 Å². The van der Waals surface area contributed by atoms with E-state index >= 15 is 0 Å². The first-order chi connectivity index (χ1) is 16.4. The van der Waals surface area contributed by atoms with E-state index < -0.39 is 0 Å². The number of hydrogen-bond acceptors (Lipinski definition) is 6. The van der Waals surface area contributed by atoms with E-state index in [2.05, 4.69) is 31.1 Å². The fourth-order valence-electron chi connectivity index (χ4n) is 4.62. The summed E-state index contributed by atoms with van der Waals surface area (Å²) in [6.07, 6.45) is 3.77. The Morgan fingerprint density at radius 2 is 2.00 bits per heavy atom. The van der Waals surface area contributed by atoms with Crippen molar-refractivity contribution in [3.63, 3.8) is 0 Å². The van der Waals surface area contributed by atoms with Crippen LogP contribution in [0.25, 0.3) is 22.6 Å². The van der Waals surface area contributed by atoms with Gasteiger partial charge in [-0.2, -0.15) is 0 Å². The van der Waals surface area contributed by atoms with Crippen LogP contribution in [-0.2, 0) is 0 Å². The minimum Gasteiger partial charge on any atom is -0.355 e. The topological polar surface area (TPSA) is 88.9 Å². The molecule has 0 radical (unpaired) electrons. The Morgan fingerprint density at radius 1 is 1.15 bits per heavy atom. The highest BCUT2D eigenvalue weighted by Crippen LogP contribution is 2.37. The number of carbonyl (C=O) groups is 2. The van der Waals surface area contributed by atoms with E-state index in [9.17, 15) is 9.59 Å². The molecule has 0 aliphatic heterocycles. The molecule has 1 aromatic carbocycles. The van der Waals surface area contributed by atoms with Gasteiger partial charge in [-0.3, -0.25) is 9.59 Å². The zero-order valence-electron chi connectivity index (χ0n) is 18.8. The Hall–Kier alpha value is -2.56. The summed E-state index contributed by atoms with van der Waals surface area (Å²) < 4.78 is 3.21. The first-order valence-electron chi connectivity index (χ1n) is 11.2. The number of amides is 2. The number of thiazole rings is 1. The number of thiophene rings is 1. The summed E-state index contributed by atoms with van der Waals surface area (Å²) in [6.45, 7) is 1.99. The smallest absolute Gasteiger partial charge is 0.261 e. The minimum atomic E-state index is -0.136. The van der Waals surface area contributed by atoms with Gasteiger partial charge in [-0.05, 0) is 78.9 Å². The number of aromatic nitrogens is 3. The Morgan fingerprint density at radius 3 is 2.71 bits per heavy atom. The number of imidazole rings is 1. The number of benzene rings is 1. The van der Waals surface area contributed by atoms with Crippen LogP contribution in [-0.4, -0.2) is 39.4 Å². The summed E-state index contributed by atoms with van der Waals surface area (Å²) in [5, 5.41) is 8.93. The van der Waals surface area contributed by atoms with Gasteiger partial charge in [0.15, 0.2) is 5.82 Å². The molecule has 3 aromatic heterocycles. The fraction of sp³-hybridized carbons (Fsp3) is 0.333. The lowest BCUT2D eigenvalue weighted by Crippen LogP contribution is -2.38. The Kier molecular flexibility index (Phi) is 6.54. The van der Waals surface area contributed by atoms with Crippen molar-refractivity contribution < 1.29 is 9.59 Å². The van der Waals surface area contributed by atoms with Crippen molar-refractivity contribution in [1.82, 2.24) is 25.2 Å². The largest absolute Gasteiger partial charge is 0.355 e. The molecule has 5 rings (SSSR count). The van der Waals surface area contributed by atoms with Crippen LogP contribution in [0.3, 0.4) is 0 Å². The number of fused-ring (bicyclic) bond motifs is 1. The van der Waals surface area contributed by atoms with Crippen LogP contribution >= 0.6 is 38.6 Å². The molecule has 0 spiro atoms. The third-order valence-corrected chi connectivity index (χ3v) is 8.57. The molecular formula is C24H24BrN5O2S2.